The third kappa shape index (κ3) is 6.14. The first-order valence-electron chi connectivity index (χ1n) is 19.8. The summed E-state index contributed by atoms with van der Waals surface area (Å²) >= 11 is 0. The Bertz CT molecular complexity index is 3280. The van der Waals surface area contributed by atoms with Gasteiger partial charge in [-0.1, -0.05) is 109 Å². The van der Waals surface area contributed by atoms with Gasteiger partial charge in [0.1, 0.15) is 0 Å². The molecule has 0 saturated heterocycles. The van der Waals surface area contributed by atoms with Crippen molar-refractivity contribution in [1.29, 1.82) is 0 Å². The second kappa shape index (κ2) is 15.1. The zero-order valence-corrected chi connectivity index (χ0v) is 33.0. The standard InChI is InChI=1S/C54H38N2O4/c1-59-53(57)37-17-13-15-35(31-37)51-44-24-9-10-25-45(44)52(36-16-14-18-38(32-36)54(58)60-2)48-34-41(27-29-46(48)51)55(39-19-5-3-6-20-39)42-28-30-50-47(33-42)43-23-11-12-26-49(43)56(50)40-21-7-4-8-22-40/h3-34H,1-2H3. The fraction of sp³-hybridized carbons (Fsp3) is 0.0370. The Morgan fingerprint density at radius 2 is 0.883 bits per heavy atom. The molecule has 10 aromatic rings. The topological polar surface area (TPSA) is 60.8 Å². The fourth-order valence-corrected chi connectivity index (χ4v) is 8.75. The smallest absolute Gasteiger partial charge is 0.337 e. The summed E-state index contributed by atoms with van der Waals surface area (Å²) in [5, 5.41) is 6.31. The first-order valence-corrected chi connectivity index (χ1v) is 19.8. The predicted octanol–water partition coefficient (Wildman–Crippen LogP) is 13.5. The molecule has 60 heavy (non-hydrogen) atoms. The van der Waals surface area contributed by atoms with Crippen LogP contribution in [-0.2, 0) is 9.47 Å². The molecule has 0 amide bonds. The minimum Gasteiger partial charge on any atom is -0.465 e. The number of carbonyl (C=O) groups excluding carboxylic acids is 2. The number of hydrogen-bond donors (Lipinski definition) is 0. The van der Waals surface area contributed by atoms with E-state index >= 15 is 0 Å². The molecular weight excluding hydrogens is 741 g/mol. The largest absolute Gasteiger partial charge is 0.465 e. The van der Waals surface area contributed by atoms with Gasteiger partial charge in [0.05, 0.1) is 36.4 Å². The maximum Gasteiger partial charge on any atom is 0.337 e. The number of esters is 2. The number of aromatic nitrogens is 1. The normalized spacial score (nSPS) is 11.3. The van der Waals surface area contributed by atoms with Gasteiger partial charge < -0.3 is 18.9 Å². The Labute approximate surface area is 347 Å². The summed E-state index contributed by atoms with van der Waals surface area (Å²) in [6.45, 7) is 0. The van der Waals surface area contributed by atoms with Gasteiger partial charge in [0.15, 0.2) is 0 Å². The van der Waals surface area contributed by atoms with Gasteiger partial charge >= 0.3 is 11.9 Å². The lowest BCUT2D eigenvalue weighted by molar-refractivity contribution is 0.0592. The Morgan fingerprint density at radius 1 is 0.400 bits per heavy atom. The number of ether oxygens (including phenoxy) is 2. The minimum atomic E-state index is -0.401. The molecule has 0 radical (unpaired) electrons. The molecular formula is C54H38N2O4. The lowest BCUT2D eigenvalue weighted by Gasteiger charge is -2.27. The maximum atomic E-state index is 12.9. The van der Waals surface area contributed by atoms with Crippen molar-refractivity contribution in [3.8, 4) is 27.9 Å². The lowest BCUT2D eigenvalue weighted by Crippen LogP contribution is -2.10. The summed E-state index contributed by atoms with van der Waals surface area (Å²) in [6, 6.07) is 66.3. The van der Waals surface area contributed by atoms with Gasteiger partial charge in [-0.2, -0.15) is 0 Å². The number of anilines is 3. The van der Waals surface area contributed by atoms with E-state index in [2.05, 4.69) is 131 Å². The number of fused-ring (bicyclic) bond motifs is 5. The van der Waals surface area contributed by atoms with Gasteiger partial charge in [-0.15, -0.1) is 0 Å². The molecule has 6 heteroatoms. The van der Waals surface area contributed by atoms with Crippen molar-refractivity contribution in [2.75, 3.05) is 19.1 Å². The van der Waals surface area contributed by atoms with Crippen LogP contribution in [0.1, 0.15) is 20.7 Å². The number of rotatable bonds is 8. The van der Waals surface area contributed by atoms with E-state index in [-0.39, 0.29) is 0 Å². The van der Waals surface area contributed by atoms with Crippen molar-refractivity contribution in [2.45, 2.75) is 0 Å². The van der Waals surface area contributed by atoms with Crippen LogP contribution in [0.2, 0.25) is 0 Å². The highest BCUT2D eigenvalue weighted by molar-refractivity contribution is 6.22. The molecule has 288 valence electrons. The number of hydrogen-bond acceptors (Lipinski definition) is 5. The van der Waals surface area contributed by atoms with Crippen LogP contribution in [0.5, 0.6) is 0 Å². The highest BCUT2D eigenvalue weighted by Gasteiger charge is 2.22. The zero-order chi connectivity index (χ0) is 40.7. The Balaban J connectivity index is 1.27. The predicted molar refractivity (Wildman–Crippen MR) is 244 cm³/mol. The average molecular weight is 779 g/mol. The number of carbonyl (C=O) groups is 2. The second-order valence-corrected chi connectivity index (χ2v) is 14.7. The minimum absolute atomic E-state index is 0.397. The monoisotopic (exact) mass is 778 g/mol. The summed E-state index contributed by atoms with van der Waals surface area (Å²) in [7, 11) is 2.80. The molecule has 1 aromatic heterocycles. The Morgan fingerprint density at radius 3 is 1.50 bits per heavy atom. The van der Waals surface area contributed by atoms with Crippen molar-refractivity contribution < 1.29 is 19.1 Å². The van der Waals surface area contributed by atoms with Gasteiger partial charge in [-0.25, -0.2) is 9.59 Å². The van der Waals surface area contributed by atoms with E-state index in [1.807, 2.05) is 60.7 Å². The third-order valence-electron chi connectivity index (χ3n) is 11.4. The SMILES string of the molecule is COC(=O)c1cccc(-c2c3ccccc3c(-c3cccc(C(=O)OC)c3)c3cc(N(c4ccccc4)c4ccc5c(c4)c4ccccc4n5-c4ccccc4)ccc23)c1. The number of benzene rings is 9. The quantitative estimate of drug-likeness (QED) is 0.114. The van der Waals surface area contributed by atoms with E-state index in [1.54, 1.807) is 12.1 Å². The van der Waals surface area contributed by atoms with E-state index < -0.39 is 11.9 Å². The van der Waals surface area contributed by atoms with E-state index in [4.69, 9.17) is 9.47 Å². The number of methoxy groups -OCH3 is 2. The maximum absolute atomic E-state index is 12.9. The summed E-state index contributed by atoms with van der Waals surface area (Å²) in [5.41, 5.74) is 11.0. The van der Waals surface area contributed by atoms with E-state index in [1.165, 1.54) is 19.6 Å². The summed E-state index contributed by atoms with van der Waals surface area (Å²) in [4.78, 5) is 28.0. The molecule has 0 bridgehead atoms. The van der Waals surface area contributed by atoms with Crippen molar-refractivity contribution in [2.24, 2.45) is 0 Å². The zero-order valence-electron chi connectivity index (χ0n) is 33.0. The number of nitrogens with zero attached hydrogens (tertiary/aromatic N) is 2. The van der Waals surface area contributed by atoms with Crippen molar-refractivity contribution >= 4 is 72.4 Å². The van der Waals surface area contributed by atoms with Crippen LogP contribution in [-0.4, -0.2) is 30.7 Å². The first kappa shape index (κ1) is 36.4. The molecule has 9 aromatic carbocycles. The third-order valence-corrected chi connectivity index (χ3v) is 11.4. The van der Waals surface area contributed by atoms with Crippen LogP contribution < -0.4 is 4.90 Å². The lowest BCUT2D eigenvalue weighted by atomic mass is 9.85. The molecule has 0 atom stereocenters. The van der Waals surface area contributed by atoms with Crippen LogP contribution in [0.4, 0.5) is 17.1 Å². The van der Waals surface area contributed by atoms with E-state index in [0.29, 0.717) is 11.1 Å². The summed E-state index contributed by atoms with van der Waals surface area (Å²) in [6.07, 6.45) is 0. The average Bonchev–Trinajstić information content (AvgIpc) is 3.64. The molecule has 0 fully saturated rings. The van der Waals surface area contributed by atoms with Gasteiger partial charge in [-0.05, 0) is 129 Å². The first-order chi connectivity index (χ1) is 29.5. The molecule has 6 nitrogen and oxygen atoms in total. The molecule has 10 rings (SSSR count). The number of para-hydroxylation sites is 3. The van der Waals surface area contributed by atoms with Crippen molar-refractivity contribution in [1.82, 2.24) is 4.57 Å². The van der Waals surface area contributed by atoms with Crippen LogP contribution >= 0.6 is 0 Å². The van der Waals surface area contributed by atoms with Crippen LogP contribution in [0, 0.1) is 0 Å². The molecule has 0 aliphatic heterocycles. The molecule has 0 unspecified atom stereocenters. The van der Waals surface area contributed by atoms with E-state index in [9.17, 15) is 9.59 Å². The van der Waals surface area contributed by atoms with Crippen molar-refractivity contribution in [3.63, 3.8) is 0 Å². The van der Waals surface area contributed by atoms with Crippen molar-refractivity contribution in [3.05, 3.63) is 205 Å². The molecule has 0 N–H and O–H groups in total. The van der Waals surface area contributed by atoms with E-state index in [0.717, 1.165) is 83.0 Å². The highest BCUT2D eigenvalue weighted by Crippen LogP contribution is 2.47. The Hall–Kier alpha value is -7.96. The summed E-state index contributed by atoms with van der Waals surface area (Å²) in [5.74, 6) is -0.798. The van der Waals surface area contributed by atoms with Gasteiger partial charge in [0.25, 0.3) is 0 Å². The molecule has 0 aliphatic rings. The molecule has 0 aliphatic carbocycles. The Kier molecular flexibility index (Phi) is 9.15. The van der Waals surface area contributed by atoms with Crippen LogP contribution in [0.3, 0.4) is 0 Å². The van der Waals surface area contributed by atoms with Crippen LogP contribution in [0.25, 0.3) is 71.3 Å². The van der Waals surface area contributed by atoms with Gasteiger partial charge in [-0.3, -0.25) is 0 Å². The highest BCUT2D eigenvalue weighted by atomic mass is 16.5. The molecule has 0 saturated carbocycles. The van der Waals surface area contributed by atoms with Crippen LogP contribution in [0.15, 0.2) is 194 Å². The summed E-state index contributed by atoms with van der Waals surface area (Å²) < 4.78 is 12.6. The van der Waals surface area contributed by atoms with Gasteiger partial charge in [0.2, 0.25) is 0 Å². The fourth-order valence-electron chi connectivity index (χ4n) is 8.75. The second-order valence-electron chi connectivity index (χ2n) is 14.7. The van der Waals surface area contributed by atoms with Gasteiger partial charge in [0, 0.05) is 33.5 Å². The molecule has 0 spiro atoms. The molecule has 1 heterocycles.